The van der Waals surface area contributed by atoms with Crippen LogP contribution >= 0.6 is 11.8 Å². The lowest BCUT2D eigenvalue weighted by atomic mass is 10.3. The molecule has 0 aliphatic rings. The molecule has 0 heterocycles. The van der Waals surface area contributed by atoms with E-state index in [-0.39, 0.29) is 16.8 Å². The molecule has 0 bridgehead atoms. The lowest BCUT2D eigenvalue weighted by Gasteiger charge is -2.10. The maximum atomic E-state index is 11.5. The van der Waals surface area contributed by atoms with E-state index in [1.807, 2.05) is 19.1 Å². The zero-order valence-corrected chi connectivity index (χ0v) is 10.3. The third-order valence-electron chi connectivity index (χ3n) is 1.82. The number of amides is 1. The van der Waals surface area contributed by atoms with Crippen molar-refractivity contribution in [3.63, 3.8) is 0 Å². The van der Waals surface area contributed by atoms with Crippen molar-refractivity contribution in [2.75, 3.05) is 17.7 Å². The molecule has 1 rings (SSSR count). The second-order valence-corrected chi connectivity index (χ2v) is 4.15. The number of thioether (sulfide) groups is 1. The van der Waals surface area contributed by atoms with Crippen LogP contribution in [0, 0.1) is 5.41 Å². The van der Waals surface area contributed by atoms with E-state index in [1.54, 1.807) is 12.1 Å². The van der Waals surface area contributed by atoms with E-state index in [0.717, 1.165) is 11.8 Å². The molecule has 1 aromatic rings. The number of ether oxygens (including phenoxy) is 1. The number of amidine groups is 1. The summed E-state index contributed by atoms with van der Waals surface area (Å²) in [5.41, 5.74) is 5.78. The van der Waals surface area contributed by atoms with Crippen LogP contribution < -0.4 is 15.8 Å². The SMILES string of the molecule is CCOc1ccccc1NC(=O)CSC(=N)N. The van der Waals surface area contributed by atoms with Crippen LogP contribution in [0.15, 0.2) is 24.3 Å². The van der Waals surface area contributed by atoms with Crippen LogP contribution in [0.5, 0.6) is 5.75 Å². The smallest absolute Gasteiger partial charge is 0.234 e. The van der Waals surface area contributed by atoms with E-state index in [1.165, 1.54) is 0 Å². The van der Waals surface area contributed by atoms with Gasteiger partial charge in [-0.25, -0.2) is 0 Å². The number of carbonyl (C=O) groups is 1. The van der Waals surface area contributed by atoms with Gasteiger partial charge < -0.3 is 15.8 Å². The third-order valence-corrected chi connectivity index (χ3v) is 2.54. The van der Waals surface area contributed by atoms with Crippen LogP contribution in [0.2, 0.25) is 0 Å². The minimum atomic E-state index is -0.211. The summed E-state index contributed by atoms with van der Waals surface area (Å²) in [6.45, 7) is 2.42. The minimum absolute atomic E-state index is 0.0711. The van der Waals surface area contributed by atoms with Crippen LogP contribution in [0.25, 0.3) is 0 Å². The summed E-state index contributed by atoms with van der Waals surface area (Å²) >= 11 is 0.986. The maximum Gasteiger partial charge on any atom is 0.234 e. The molecular formula is C11H15N3O2S. The van der Waals surface area contributed by atoms with E-state index in [4.69, 9.17) is 15.9 Å². The van der Waals surface area contributed by atoms with Crippen LogP contribution in [-0.2, 0) is 4.79 Å². The number of anilines is 1. The average molecular weight is 253 g/mol. The Hall–Kier alpha value is -1.69. The molecule has 0 aliphatic carbocycles. The highest BCUT2D eigenvalue weighted by molar-refractivity contribution is 8.14. The molecule has 92 valence electrons. The maximum absolute atomic E-state index is 11.5. The zero-order chi connectivity index (χ0) is 12.7. The topological polar surface area (TPSA) is 88.2 Å². The Morgan fingerprint density at radius 3 is 2.88 bits per heavy atom. The van der Waals surface area contributed by atoms with Crippen molar-refractivity contribution in [1.29, 1.82) is 5.41 Å². The van der Waals surface area contributed by atoms with Crippen molar-refractivity contribution in [2.24, 2.45) is 5.73 Å². The summed E-state index contributed by atoms with van der Waals surface area (Å²) in [5.74, 6) is 0.545. The Balaban J connectivity index is 2.61. The lowest BCUT2D eigenvalue weighted by Crippen LogP contribution is -2.17. The number of benzene rings is 1. The third kappa shape index (κ3) is 4.78. The van der Waals surface area contributed by atoms with Crippen molar-refractivity contribution in [1.82, 2.24) is 0 Å². The lowest BCUT2D eigenvalue weighted by molar-refractivity contribution is -0.113. The van der Waals surface area contributed by atoms with Gasteiger partial charge in [-0.2, -0.15) is 0 Å². The van der Waals surface area contributed by atoms with E-state index in [2.05, 4.69) is 5.32 Å². The Morgan fingerprint density at radius 1 is 1.53 bits per heavy atom. The van der Waals surface area contributed by atoms with Crippen LogP contribution in [0.1, 0.15) is 6.92 Å². The fourth-order valence-electron chi connectivity index (χ4n) is 1.18. The van der Waals surface area contributed by atoms with E-state index in [9.17, 15) is 4.79 Å². The van der Waals surface area contributed by atoms with Gasteiger partial charge in [-0.15, -0.1) is 0 Å². The summed E-state index contributed by atoms with van der Waals surface area (Å²) in [4.78, 5) is 11.5. The van der Waals surface area contributed by atoms with Crippen LogP contribution in [0.4, 0.5) is 5.69 Å². The van der Waals surface area contributed by atoms with Crippen molar-refractivity contribution >= 4 is 28.5 Å². The van der Waals surface area contributed by atoms with Crippen molar-refractivity contribution < 1.29 is 9.53 Å². The number of para-hydroxylation sites is 2. The molecule has 0 aromatic heterocycles. The Morgan fingerprint density at radius 2 is 2.24 bits per heavy atom. The number of rotatable bonds is 5. The zero-order valence-electron chi connectivity index (χ0n) is 9.53. The first-order valence-corrected chi connectivity index (χ1v) is 6.10. The van der Waals surface area contributed by atoms with Gasteiger partial charge in [0, 0.05) is 0 Å². The van der Waals surface area contributed by atoms with Gasteiger partial charge in [0.15, 0.2) is 5.17 Å². The molecular weight excluding hydrogens is 238 g/mol. The molecule has 0 saturated heterocycles. The summed E-state index contributed by atoms with van der Waals surface area (Å²) in [7, 11) is 0. The Kier molecular flexibility index (Phi) is 5.35. The van der Waals surface area contributed by atoms with Crippen molar-refractivity contribution in [3.8, 4) is 5.75 Å². The monoisotopic (exact) mass is 253 g/mol. The number of carbonyl (C=O) groups excluding carboxylic acids is 1. The quantitative estimate of drug-likeness (QED) is 0.550. The molecule has 6 heteroatoms. The predicted octanol–water partition coefficient (Wildman–Crippen LogP) is 1.65. The second-order valence-electron chi connectivity index (χ2n) is 3.13. The molecule has 0 atom stereocenters. The largest absolute Gasteiger partial charge is 0.492 e. The molecule has 17 heavy (non-hydrogen) atoms. The summed E-state index contributed by atoms with van der Waals surface area (Å²) in [6, 6.07) is 7.21. The molecule has 0 saturated carbocycles. The highest BCUT2D eigenvalue weighted by Gasteiger charge is 2.07. The molecule has 0 spiro atoms. The Labute approximate surface area is 104 Å². The van der Waals surface area contributed by atoms with E-state index in [0.29, 0.717) is 18.0 Å². The van der Waals surface area contributed by atoms with Gasteiger partial charge in [-0.3, -0.25) is 10.2 Å². The number of hydrogen-bond acceptors (Lipinski definition) is 4. The van der Waals surface area contributed by atoms with Gasteiger partial charge in [0.1, 0.15) is 5.75 Å². The highest BCUT2D eigenvalue weighted by atomic mass is 32.2. The van der Waals surface area contributed by atoms with Crippen LogP contribution in [-0.4, -0.2) is 23.4 Å². The molecule has 0 radical (unpaired) electrons. The molecule has 0 unspecified atom stereocenters. The first kappa shape index (κ1) is 13.4. The second kappa shape index (κ2) is 6.80. The van der Waals surface area contributed by atoms with E-state index < -0.39 is 0 Å². The van der Waals surface area contributed by atoms with Gasteiger partial charge >= 0.3 is 0 Å². The standard InChI is InChI=1S/C11H15N3O2S/c1-2-16-9-6-4-3-5-8(9)14-10(15)7-17-11(12)13/h3-6H,2,7H2,1H3,(H3,12,13)(H,14,15). The molecule has 0 fully saturated rings. The highest BCUT2D eigenvalue weighted by Crippen LogP contribution is 2.23. The fourth-order valence-corrected chi connectivity index (χ4v) is 1.54. The molecule has 4 N–H and O–H groups in total. The van der Waals surface area contributed by atoms with Gasteiger partial charge in [0.2, 0.25) is 5.91 Å². The van der Waals surface area contributed by atoms with Crippen LogP contribution in [0.3, 0.4) is 0 Å². The fraction of sp³-hybridized carbons (Fsp3) is 0.273. The normalized spacial score (nSPS) is 9.71. The first-order valence-electron chi connectivity index (χ1n) is 5.12. The number of nitrogens with two attached hydrogens (primary N) is 1. The molecule has 1 aromatic carbocycles. The van der Waals surface area contributed by atoms with Gasteiger partial charge in [0.25, 0.3) is 0 Å². The minimum Gasteiger partial charge on any atom is -0.492 e. The average Bonchev–Trinajstić information content (AvgIpc) is 2.29. The predicted molar refractivity (Wildman–Crippen MR) is 70.6 cm³/mol. The Bertz CT molecular complexity index is 409. The number of hydrogen-bond donors (Lipinski definition) is 3. The summed E-state index contributed by atoms with van der Waals surface area (Å²) < 4.78 is 5.38. The van der Waals surface area contributed by atoms with Gasteiger partial charge in [-0.1, -0.05) is 23.9 Å². The van der Waals surface area contributed by atoms with Gasteiger partial charge in [-0.05, 0) is 19.1 Å². The van der Waals surface area contributed by atoms with E-state index >= 15 is 0 Å². The summed E-state index contributed by atoms with van der Waals surface area (Å²) in [6.07, 6.45) is 0. The van der Waals surface area contributed by atoms with Crippen molar-refractivity contribution in [3.05, 3.63) is 24.3 Å². The van der Waals surface area contributed by atoms with Crippen molar-refractivity contribution in [2.45, 2.75) is 6.92 Å². The molecule has 5 nitrogen and oxygen atoms in total. The molecule has 0 aliphatic heterocycles. The van der Waals surface area contributed by atoms with Gasteiger partial charge in [0.05, 0.1) is 18.0 Å². The summed E-state index contributed by atoms with van der Waals surface area (Å²) in [5, 5.41) is 9.65. The molecule has 1 amide bonds. The number of nitrogens with one attached hydrogen (secondary N) is 2. The first-order chi connectivity index (χ1) is 8.13.